The molecule has 16 heavy (non-hydrogen) atoms. The summed E-state index contributed by atoms with van der Waals surface area (Å²) in [6.45, 7) is 4.90. The van der Waals surface area contributed by atoms with Gasteiger partial charge in [-0.15, -0.1) is 0 Å². The second kappa shape index (κ2) is 3.44. The lowest BCUT2D eigenvalue weighted by Crippen LogP contribution is -2.49. The third-order valence-electron chi connectivity index (χ3n) is 3.56. The first kappa shape index (κ1) is 10.5. The molecule has 0 radical (unpaired) electrons. The van der Waals surface area contributed by atoms with Gasteiger partial charge in [-0.3, -0.25) is 0 Å². The van der Waals surface area contributed by atoms with E-state index in [0.29, 0.717) is 0 Å². The minimum atomic E-state index is -1.42. The van der Waals surface area contributed by atoms with Crippen molar-refractivity contribution in [2.24, 2.45) is 0 Å². The molecule has 0 unspecified atom stereocenters. The maximum absolute atomic E-state index is 2.46. The number of fused-ring (bicyclic) bond motifs is 3. The van der Waals surface area contributed by atoms with E-state index in [1.165, 1.54) is 14.7 Å². The highest BCUT2D eigenvalue weighted by Crippen LogP contribution is 2.31. The fourth-order valence-corrected chi connectivity index (χ4v) is 6.85. The Morgan fingerprint density at radius 2 is 1.56 bits per heavy atom. The van der Waals surface area contributed by atoms with Gasteiger partial charge in [-0.25, -0.2) is 0 Å². The molecule has 1 aliphatic rings. The van der Waals surface area contributed by atoms with E-state index in [0.717, 1.165) is 0 Å². The van der Waals surface area contributed by atoms with E-state index in [4.69, 9.17) is 0 Å². The highest BCUT2D eigenvalue weighted by Gasteiger charge is 2.37. The van der Waals surface area contributed by atoms with Crippen LogP contribution in [0, 0.1) is 3.57 Å². The van der Waals surface area contributed by atoms with Crippen molar-refractivity contribution in [2.45, 2.75) is 13.1 Å². The van der Waals surface area contributed by atoms with Crippen molar-refractivity contribution in [3.63, 3.8) is 0 Å². The summed E-state index contributed by atoms with van der Waals surface area (Å²) >= 11 is 2.46. The molecule has 3 rings (SSSR count). The molecule has 80 valence electrons. The smallest absolute Gasteiger partial charge is 0.0623 e. The Labute approximate surface area is 111 Å². The van der Waals surface area contributed by atoms with Crippen LogP contribution < -0.4 is 10.4 Å². The number of hydrogen-bond donors (Lipinski definition) is 0. The standard InChI is InChI=1S/C14H13ISi/c1-16(2)12-8-4-3-6-10(12)14-11(15)7-5-9-13(14)16/h3-9H,1-2H3. The second-order valence-electron chi connectivity index (χ2n) is 4.83. The van der Waals surface area contributed by atoms with Crippen molar-refractivity contribution in [1.29, 1.82) is 0 Å². The SMILES string of the molecule is C[Si]1(C)c2ccccc2-c2c(I)cccc21. The maximum Gasteiger partial charge on any atom is 0.113 e. The summed E-state index contributed by atoms with van der Waals surface area (Å²) in [5.41, 5.74) is 2.97. The third-order valence-corrected chi connectivity index (χ3v) is 8.00. The molecule has 0 spiro atoms. The number of benzene rings is 2. The summed E-state index contributed by atoms with van der Waals surface area (Å²) < 4.78 is 1.39. The van der Waals surface area contributed by atoms with Crippen LogP contribution in [0.25, 0.3) is 11.1 Å². The fourth-order valence-electron chi connectivity index (χ4n) is 2.71. The van der Waals surface area contributed by atoms with E-state index < -0.39 is 8.07 Å². The average molecular weight is 336 g/mol. The molecule has 0 fully saturated rings. The van der Waals surface area contributed by atoms with Gasteiger partial charge in [0.1, 0.15) is 8.07 Å². The van der Waals surface area contributed by atoms with Crippen LogP contribution in [0.5, 0.6) is 0 Å². The van der Waals surface area contributed by atoms with Crippen molar-refractivity contribution in [1.82, 2.24) is 0 Å². The zero-order valence-electron chi connectivity index (χ0n) is 9.42. The molecule has 0 saturated carbocycles. The highest BCUT2D eigenvalue weighted by atomic mass is 127. The van der Waals surface area contributed by atoms with Gasteiger partial charge in [0.25, 0.3) is 0 Å². The van der Waals surface area contributed by atoms with Crippen LogP contribution in [0.1, 0.15) is 0 Å². The number of hydrogen-bond acceptors (Lipinski definition) is 0. The first-order valence-electron chi connectivity index (χ1n) is 5.51. The molecule has 0 amide bonds. The predicted octanol–water partition coefficient (Wildman–Crippen LogP) is 3.09. The summed E-state index contributed by atoms with van der Waals surface area (Å²) in [7, 11) is -1.42. The summed E-state index contributed by atoms with van der Waals surface area (Å²) in [6.07, 6.45) is 0. The number of rotatable bonds is 0. The molecule has 0 aromatic heterocycles. The molecule has 2 aromatic rings. The summed E-state index contributed by atoms with van der Waals surface area (Å²) in [4.78, 5) is 0. The molecular formula is C14H13ISi. The van der Waals surface area contributed by atoms with Gasteiger partial charge in [0.05, 0.1) is 0 Å². The second-order valence-corrected chi connectivity index (χ2v) is 10.3. The molecule has 0 N–H and O–H groups in total. The summed E-state index contributed by atoms with van der Waals surface area (Å²) in [5.74, 6) is 0. The Bertz CT molecular complexity index is 573. The lowest BCUT2D eigenvalue weighted by Gasteiger charge is -2.18. The van der Waals surface area contributed by atoms with Gasteiger partial charge < -0.3 is 0 Å². The zero-order chi connectivity index (χ0) is 11.3. The molecule has 1 heterocycles. The van der Waals surface area contributed by atoms with Crippen LogP contribution in [-0.2, 0) is 0 Å². The quantitative estimate of drug-likeness (QED) is 0.512. The van der Waals surface area contributed by atoms with E-state index >= 15 is 0 Å². The molecule has 0 aliphatic carbocycles. The summed E-state index contributed by atoms with van der Waals surface area (Å²) in [5, 5.41) is 3.19. The molecule has 2 aromatic carbocycles. The van der Waals surface area contributed by atoms with Gasteiger partial charge in [-0.2, -0.15) is 0 Å². The average Bonchev–Trinajstić information content (AvgIpc) is 2.51. The van der Waals surface area contributed by atoms with Crippen LogP contribution >= 0.6 is 22.6 Å². The van der Waals surface area contributed by atoms with Gasteiger partial charge >= 0.3 is 0 Å². The highest BCUT2D eigenvalue weighted by molar-refractivity contribution is 14.1. The third kappa shape index (κ3) is 1.26. The Balaban J connectivity index is 2.45. The Kier molecular flexibility index (Phi) is 2.26. The van der Waals surface area contributed by atoms with E-state index in [1.54, 1.807) is 10.4 Å². The molecule has 2 heteroatoms. The van der Waals surface area contributed by atoms with Gasteiger partial charge in [0.2, 0.25) is 0 Å². The van der Waals surface area contributed by atoms with Crippen molar-refractivity contribution < 1.29 is 0 Å². The lowest BCUT2D eigenvalue weighted by atomic mass is 10.1. The first-order valence-corrected chi connectivity index (χ1v) is 9.59. The zero-order valence-corrected chi connectivity index (χ0v) is 12.6. The molecular weight excluding hydrogens is 323 g/mol. The first-order chi connectivity index (χ1) is 7.62. The predicted molar refractivity (Wildman–Crippen MR) is 81.3 cm³/mol. The van der Waals surface area contributed by atoms with E-state index in [9.17, 15) is 0 Å². The molecule has 0 saturated heterocycles. The minimum Gasteiger partial charge on any atom is -0.0623 e. The largest absolute Gasteiger partial charge is 0.113 e. The topological polar surface area (TPSA) is 0 Å². The Hall–Kier alpha value is -0.613. The molecule has 1 aliphatic heterocycles. The van der Waals surface area contributed by atoms with Gasteiger partial charge in [0.15, 0.2) is 0 Å². The normalized spacial score (nSPS) is 15.7. The molecule has 0 bridgehead atoms. The summed E-state index contributed by atoms with van der Waals surface area (Å²) in [6, 6.07) is 15.7. The van der Waals surface area contributed by atoms with Gasteiger partial charge in [-0.05, 0) is 50.2 Å². The van der Waals surface area contributed by atoms with E-state index in [2.05, 4.69) is 78.1 Å². The monoisotopic (exact) mass is 336 g/mol. The van der Waals surface area contributed by atoms with Crippen LogP contribution in [0.4, 0.5) is 0 Å². The number of halogens is 1. The van der Waals surface area contributed by atoms with Gasteiger partial charge in [0, 0.05) is 3.57 Å². The van der Waals surface area contributed by atoms with Gasteiger partial charge in [-0.1, -0.05) is 49.5 Å². The van der Waals surface area contributed by atoms with Crippen molar-refractivity contribution in [3.05, 3.63) is 46.0 Å². The van der Waals surface area contributed by atoms with Crippen LogP contribution in [0.3, 0.4) is 0 Å². The van der Waals surface area contributed by atoms with E-state index in [1.807, 2.05) is 0 Å². The van der Waals surface area contributed by atoms with Crippen LogP contribution in [0.2, 0.25) is 13.1 Å². The Morgan fingerprint density at radius 1 is 0.875 bits per heavy atom. The van der Waals surface area contributed by atoms with Crippen LogP contribution in [-0.4, -0.2) is 8.07 Å². The van der Waals surface area contributed by atoms with Crippen molar-refractivity contribution >= 4 is 41.0 Å². The molecule has 0 nitrogen and oxygen atoms in total. The van der Waals surface area contributed by atoms with Crippen LogP contribution in [0.15, 0.2) is 42.5 Å². The molecule has 0 atom stereocenters. The maximum atomic E-state index is 2.46. The van der Waals surface area contributed by atoms with E-state index in [-0.39, 0.29) is 0 Å². The fraction of sp³-hybridized carbons (Fsp3) is 0.143. The van der Waals surface area contributed by atoms with Crippen molar-refractivity contribution in [3.8, 4) is 11.1 Å². The lowest BCUT2D eigenvalue weighted by molar-refractivity contribution is 1.66. The Morgan fingerprint density at radius 3 is 2.38 bits per heavy atom. The minimum absolute atomic E-state index is 1.39. The van der Waals surface area contributed by atoms with Crippen molar-refractivity contribution in [2.75, 3.05) is 0 Å².